The van der Waals surface area contributed by atoms with Crippen molar-refractivity contribution in [3.8, 4) is 11.4 Å². The summed E-state index contributed by atoms with van der Waals surface area (Å²) in [6.45, 7) is 3.68. The van der Waals surface area contributed by atoms with E-state index in [-0.39, 0.29) is 23.0 Å². The number of halogens is 2. The molecular weight excluding hydrogens is 256 g/mol. The molecule has 0 saturated heterocycles. The quantitative estimate of drug-likeness (QED) is 0.927. The highest BCUT2D eigenvalue weighted by Gasteiger charge is 2.21. The van der Waals surface area contributed by atoms with Crippen LogP contribution in [0.5, 0.6) is 0 Å². The number of rotatable bonds is 3. The van der Waals surface area contributed by atoms with E-state index in [4.69, 9.17) is 5.11 Å². The maximum absolute atomic E-state index is 13.3. The number of benzene rings is 1. The summed E-state index contributed by atoms with van der Waals surface area (Å²) in [5, 5.41) is 16.5. The molecule has 2 aromatic rings. The summed E-state index contributed by atoms with van der Waals surface area (Å²) in [4.78, 5) is 11.1. The van der Waals surface area contributed by atoms with E-state index in [1.54, 1.807) is 4.57 Å². The van der Waals surface area contributed by atoms with Gasteiger partial charge in [0.1, 0.15) is 6.33 Å². The van der Waals surface area contributed by atoms with Crippen molar-refractivity contribution in [1.82, 2.24) is 14.8 Å². The summed E-state index contributed by atoms with van der Waals surface area (Å²) in [5.74, 6) is -3.51. The number of carboxylic acid groups (broad SMARTS) is 1. The van der Waals surface area contributed by atoms with Crippen LogP contribution in [0.15, 0.2) is 18.5 Å². The van der Waals surface area contributed by atoms with Crippen molar-refractivity contribution in [2.45, 2.75) is 19.9 Å². The molecular formula is C12H11F2N3O2. The summed E-state index contributed by atoms with van der Waals surface area (Å²) in [6, 6.07) is 1.42. The fourth-order valence-corrected chi connectivity index (χ4v) is 1.72. The minimum atomic E-state index is -1.35. The van der Waals surface area contributed by atoms with Crippen molar-refractivity contribution in [3.63, 3.8) is 0 Å². The smallest absolute Gasteiger partial charge is 0.336 e. The molecule has 0 unspecified atom stereocenters. The van der Waals surface area contributed by atoms with Crippen molar-refractivity contribution in [2.75, 3.05) is 0 Å². The molecule has 7 heteroatoms. The van der Waals surface area contributed by atoms with Gasteiger partial charge in [0.2, 0.25) is 0 Å². The lowest BCUT2D eigenvalue weighted by Crippen LogP contribution is -2.07. The SMILES string of the molecule is CC(C)n1cnnc1-c1cc(F)c(F)cc1C(=O)O. The topological polar surface area (TPSA) is 68.0 Å². The van der Waals surface area contributed by atoms with E-state index in [2.05, 4.69) is 10.2 Å². The number of carbonyl (C=O) groups is 1. The minimum absolute atomic E-state index is 0.00222. The van der Waals surface area contributed by atoms with Gasteiger partial charge in [0.05, 0.1) is 5.56 Å². The van der Waals surface area contributed by atoms with Crippen LogP contribution in [0, 0.1) is 11.6 Å². The highest BCUT2D eigenvalue weighted by Crippen LogP contribution is 2.26. The van der Waals surface area contributed by atoms with Crippen LogP contribution in [0.25, 0.3) is 11.4 Å². The molecule has 0 radical (unpaired) electrons. The first kappa shape index (κ1) is 13.1. The van der Waals surface area contributed by atoms with Crippen LogP contribution in [-0.2, 0) is 0 Å². The van der Waals surface area contributed by atoms with Crippen LogP contribution >= 0.6 is 0 Å². The fraction of sp³-hybridized carbons (Fsp3) is 0.250. The second-order valence-corrected chi connectivity index (χ2v) is 4.27. The van der Waals surface area contributed by atoms with Gasteiger partial charge in [-0.1, -0.05) is 0 Å². The van der Waals surface area contributed by atoms with E-state index in [1.807, 2.05) is 13.8 Å². The minimum Gasteiger partial charge on any atom is -0.478 e. The number of hydrogen-bond acceptors (Lipinski definition) is 3. The second-order valence-electron chi connectivity index (χ2n) is 4.27. The van der Waals surface area contributed by atoms with Crippen molar-refractivity contribution in [2.24, 2.45) is 0 Å². The third kappa shape index (κ3) is 2.31. The van der Waals surface area contributed by atoms with Crippen LogP contribution in [0.1, 0.15) is 30.2 Å². The van der Waals surface area contributed by atoms with Crippen molar-refractivity contribution < 1.29 is 18.7 Å². The monoisotopic (exact) mass is 267 g/mol. The fourth-order valence-electron chi connectivity index (χ4n) is 1.72. The van der Waals surface area contributed by atoms with Crippen LogP contribution in [0.2, 0.25) is 0 Å². The highest BCUT2D eigenvalue weighted by atomic mass is 19.2. The summed E-state index contributed by atoms with van der Waals surface area (Å²) in [5.41, 5.74) is -0.355. The zero-order valence-corrected chi connectivity index (χ0v) is 10.3. The number of aromatic carboxylic acids is 1. The van der Waals surface area contributed by atoms with Crippen LogP contribution in [-0.4, -0.2) is 25.8 Å². The van der Waals surface area contributed by atoms with Gasteiger partial charge in [-0.2, -0.15) is 0 Å². The molecule has 5 nitrogen and oxygen atoms in total. The Morgan fingerprint density at radius 3 is 2.53 bits per heavy atom. The summed E-state index contributed by atoms with van der Waals surface area (Å²) in [6.07, 6.45) is 1.41. The average Bonchev–Trinajstić information content (AvgIpc) is 2.80. The molecule has 0 aliphatic rings. The largest absolute Gasteiger partial charge is 0.478 e. The van der Waals surface area contributed by atoms with Crippen LogP contribution in [0.4, 0.5) is 8.78 Å². The van der Waals surface area contributed by atoms with Gasteiger partial charge in [-0.15, -0.1) is 10.2 Å². The summed E-state index contributed by atoms with van der Waals surface area (Å²) >= 11 is 0. The zero-order chi connectivity index (χ0) is 14.2. The first-order valence-corrected chi connectivity index (χ1v) is 5.54. The molecule has 1 heterocycles. The van der Waals surface area contributed by atoms with E-state index >= 15 is 0 Å². The van der Waals surface area contributed by atoms with Gasteiger partial charge in [-0.25, -0.2) is 13.6 Å². The Labute approximate surface area is 107 Å². The molecule has 1 aromatic carbocycles. The molecule has 100 valence electrons. The first-order valence-electron chi connectivity index (χ1n) is 5.54. The van der Waals surface area contributed by atoms with E-state index in [1.165, 1.54) is 6.33 Å². The predicted molar refractivity (Wildman–Crippen MR) is 62.7 cm³/mol. The highest BCUT2D eigenvalue weighted by molar-refractivity contribution is 5.95. The standard InChI is InChI=1S/C12H11F2N3O2/c1-6(2)17-5-15-16-11(17)7-3-9(13)10(14)4-8(7)12(18)19/h3-6H,1-2H3,(H,18,19). The Bertz CT molecular complexity index is 638. The van der Waals surface area contributed by atoms with Crippen molar-refractivity contribution in [3.05, 3.63) is 35.7 Å². The Morgan fingerprint density at radius 2 is 1.95 bits per heavy atom. The Kier molecular flexibility index (Phi) is 3.28. The lowest BCUT2D eigenvalue weighted by atomic mass is 10.1. The zero-order valence-electron chi connectivity index (χ0n) is 10.3. The average molecular weight is 267 g/mol. The van der Waals surface area contributed by atoms with Gasteiger partial charge >= 0.3 is 5.97 Å². The number of aromatic nitrogens is 3. The Balaban J connectivity index is 2.70. The second kappa shape index (κ2) is 4.75. The van der Waals surface area contributed by atoms with E-state index in [0.29, 0.717) is 6.07 Å². The van der Waals surface area contributed by atoms with Gasteiger partial charge in [0.15, 0.2) is 17.5 Å². The van der Waals surface area contributed by atoms with Gasteiger partial charge in [0, 0.05) is 11.6 Å². The number of nitrogens with zero attached hydrogens (tertiary/aromatic N) is 3. The molecule has 2 rings (SSSR count). The van der Waals surface area contributed by atoms with Crippen molar-refractivity contribution >= 4 is 5.97 Å². The molecule has 0 bridgehead atoms. The van der Waals surface area contributed by atoms with E-state index in [0.717, 1.165) is 6.07 Å². The van der Waals surface area contributed by atoms with Gasteiger partial charge in [-0.3, -0.25) is 0 Å². The van der Waals surface area contributed by atoms with Gasteiger partial charge in [-0.05, 0) is 26.0 Å². The maximum Gasteiger partial charge on any atom is 0.336 e. The molecule has 0 spiro atoms. The van der Waals surface area contributed by atoms with Crippen LogP contribution in [0.3, 0.4) is 0 Å². The molecule has 1 aromatic heterocycles. The summed E-state index contributed by atoms with van der Waals surface area (Å²) in [7, 11) is 0. The molecule has 0 saturated carbocycles. The van der Waals surface area contributed by atoms with Crippen LogP contribution < -0.4 is 0 Å². The lowest BCUT2D eigenvalue weighted by molar-refractivity contribution is 0.0697. The molecule has 0 aliphatic carbocycles. The van der Waals surface area contributed by atoms with Gasteiger partial charge in [0.25, 0.3) is 0 Å². The molecule has 19 heavy (non-hydrogen) atoms. The van der Waals surface area contributed by atoms with E-state index in [9.17, 15) is 13.6 Å². The lowest BCUT2D eigenvalue weighted by Gasteiger charge is -2.12. The first-order chi connectivity index (χ1) is 8.91. The van der Waals surface area contributed by atoms with Gasteiger partial charge < -0.3 is 9.67 Å². The Hall–Kier alpha value is -2.31. The van der Waals surface area contributed by atoms with E-state index < -0.39 is 17.6 Å². The molecule has 0 aliphatic heterocycles. The third-order valence-corrected chi connectivity index (χ3v) is 2.66. The van der Waals surface area contributed by atoms with Crippen molar-refractivity contribution in [1.29, 1.82) is 0 Å². The molecule has 0 fully saturated rings. The normalized spacial score (nSPS) is 11.0. The number of carboxylic acids is 1. The summed E-state index contributed by atoms with van der Waals surface area (Å²) < 4.78 is 28.0. The molecule has 0 amide bonds. The third-order valence-electron chi connectivity index (χ3n) is 2.66. The molecule has 1 N–H and O–H groups in total. The maximum atomic E-state index is 13.3. The Morgan fingerprint density at radius 1 is 1.32 bits per heavy atom. The number of hydrogen-bond donors (Lipinski definition) is 1. The molecule has 0 atom stereocenters. The predicted octanol–water partition coefficient (Wildman–Crippen LogP) is 2.50.